The van der Waals surface area contributed by atoms with Gasteiger partial charge in [0.1, 0.15) is 18.2 Å². The first-order valence-corrected chi connectivity index (χ1v) is 16.3. The van der Waals surface area contributed by atoms with Crippen LogP contribution in [0.15, 0.2) is 36.4 Å². The molecule has 0 spiro atoms. The Balaban J connectivity index is 1.69. The number of benzene rings is 1. The zero-order valence-corrected chi connectivity index (χ0v) is 29.5. The number of anilines is 1. The van der Waals surface area contributed by atoms with Crippen LogP contribution in [0.2, 0.25) is 0 Å². The first-order chi connectivity index (χ1) is 23.0. The Hall–Kier alpha value is -4.95. The van der Waals surface area contributed by atoms with E-state index in [4.69, 9.17) is 9.47 Å². The smallest absolute Gasteiger partial charge is 0.410 e. The van der Waals surface area contributed by atoms with E-state index in [2.05, 4.69) is 16.0 Å². The lowest BCUT2D eigenvalue weighted by Gasteiger charge is -2.26. The summed E-state index contributed by atoms with van der Waals surface area (Å²) in [6, 6.07) is 5.81. The molecular formula is C34H50N6O9. The number of ether oxygens (including phenoxy) is 2. The molecule has 15 nitrogen and oxygen atoms in total. The predicted molar refractivity (Wildman–Crippen MR) is 181 cm³/mol. The van der Waals surface area contributed by atoms with Crippen LogP contribution in [-0.2, 0) is 40.1 Å². The summed E-state index contributed by atoms with van der Waals surface area (Å²) in [5, 5.41) is 7.97. The third kappa shape index (κ3) is 14.8. The van der Waals surface area contributed by atoms with E-state index < -0.39 is 35.6 Å². The molecular weight excluding hydrogens is 636 g/mol. The number of likely N-dealkylation sites (N-methyl/N-ethyl adjacent to an activating group) is 2. The van der Waals surface area contributed by atoms with Gasteiger partial charge in [-0.05, 0) is 57.2 Å². The molecule has 270 valence electrons. The second-order valence-electron chi connectivity index (χ2n) is 13.1. The van der Waals surface area contributed by atoms with Crippen LogP contribution >= 0.6 is 0 Å². The van der Waals surface area contributed by atoms with Gasteiger partial charge >= 0.3 is 12.2 Å². The van der Waals surface area contributed by atoms with Crippen molar-refractivity contribution in [2.24, 2.45) is 5.92 Å². The van der Waals surface area contributed by atoms with Crippen molar-refractivity contribution in [1.29, 1.82) is 0 Å². The van der Waals surface area contributed by atoms with Crippen molar-refractivity contribution in [2.45, 2.75) is 78.6 Å². The van der Waals surface area contributed by atoms with Crippen LogP contribution in [0.5, 0.6) is 0 Å². The molecule has 1 aliphatic rings. The highest BCUT2D eigenvalue weighted by Crippen LogP contribution is 2.13. The SMILES string of the molecule is CC(C)C(NC(=O)CCCCCN1C(=O)C=CC1=O)C(=O)NCC(=O)Nc1ccc(COC(=O)N(C)CCN(C)C(=O)OC(C)(C)C)cc1. The fourth-order valence-electron chi connectivity index (χ4n) is 4.41. The highest BCUT2D eigenvalue weighted by molar-refractivity contribution is 6.12. The van der Waals surface area contributed by atoms with E-state index in [1.165, 1.54) is 22.0 Å². The fourth-order valence-corrected chi connectivity index (χ4v) is 4.41. The summed E-state index contributed by atoms with van der Waals surface area (Å²) >= 11 is 0. The Labute approximate surface area is 287 Å². The summed E-state index contributed by atoms with van der Waals surface area (Å²) in [4.78, 5) is 89.3. The molecule has 1 aliphatic heterocycles. The van der Waals surface area contributed by atoms with Gasteiger partial charge < -0.3 is 35.2 Å². The highest BCUT2D eigenvalue weighted by Gasteiger charge is 2.25. The number of rotatable bonds is 17. The molecule has 1 unspecified atom stereocenters. The minimum Gasteiger partial charge on any atom is -0.445 e. The lowest BCUT2D eigenvalue weighted by molar-refractivity contribution is -0.137. The minimum atomic E-state index is -0.835. The number of hydrogen-bond donors (Lipinski definition) is 3. The second kappa shape index (κ2) is 19.1. The fraction of sp³-hybridized carbons (Fsp3) is 0.559. The summed E-state index contributed by atoms with van der Waals surface area (Å²) in [5.41, 5.74) is 0.538. The number of imide groups is 1. The number of hydrogen-bond acceptors (Lipinski definition) is 9. The lowest BCUT2D eigenvalue weighted by Crippen LogP contribution is -2.51. The molecule has 7 amide bonds. The highest BCUT2D eigenvalue weighted by atomic mass is 16.6. The molecule has 15 heteroatoms. The summed E-state index contributed by atoms with van der Waals surface area (Å²) in [5.74, 6) is -2.16. The standard InChI is InChI=1S/C34H50N6O9/c1-23(2)30(37-26(41)11-9-8-10-18-40-28(43)16-17-29(40)44)31(45)35-21-27(42)36-25-14-12-24(13-15-25)22-48-32(46)38(6)19-20-39(7)33(47)49-34(3,4)5/h12-17,23,30H,8-11,18-22H2,1-7H3,(H,35,45)(H,36,42)(H,37,41). The van der Waals surface area contributed by atoms with Gasteiger partial charge in [0.15, 0.2) is 0 Å². The molecule has 0 bridgehead atoms. The molecule has 0 aliphatic carbocycles. The Morgan fingerprint density at radius 3 is 2.00 bits per heavy atom. The van der Waals surface area contributed by atoms with Gasteiger partial charge in [0.25, 0.3) is 11.8 Å². The zero-order chi connectivity index (χ0) is 36.7. The predicted octanol–water partition coefficient (Wildman–Crippen LogP) is 2.80. The minimum absolute atomic E-state index is 0.00396. The Kier molecular flexibility index (Phi) is 15.7. The van der Waals surface area contributed by atoms with Crippen LogP contribution in [0.4, 0.5) is 15.3 Å². The third-order valence-electron chi connectivity index (χ3n) is 7.26. The normalized spacial score (nSPS) is 13.2. The average molecular weight is 687 g/mol. The summed E-state index contributed by atoms with van der Waals surface area (Å²) in [7, 11) is 3.15. The molecule has 3 N–H and O–H groups in total. The van der Waals surface area contributed by atoms with Crippen molar-refractivity contribution in [3.63, 3.8) is 0 Å². The van der Waals surface area contributed by atoms with Crippen molar-refractivity contribution in [1.82, 2.24) is 25.3 Å². The van der Waals surface area contributed by atoms with Gasteiger partial charge in [-0.1, -0.05) is 32.4 Å². The van der Waals surface area contributed by atoms with Crippen LogP contribution in [0, 0.1) is 5.92 Å². The maximum Gasteiger partial charge on any atom is 0.410 e. The Morgan fingerprint density at radius 1 is 0.837 bits per heavy atom. The molecule has 0 aromatic heterocycles. The second-order valence-corrected chi connectivity index (χ2v) is 13.1. The van der Waals surface area contributed by atoms with E-state index in [-0.39, 0.29) is 56.3 Å². The quantitative estimate of drug-likeness (QED) is 0.164. The van der Waals surface area contributed by atoms with Crippen LogP contribution in [0.1, 0.15) is 65.9 Å². The first-order valence-electron chi connectivity index (χ1n) is 16.3. The van der Waals surface area contributed by atoms with E-state index in [1.54, 1.807) is 73.0 Å². The van der Waals surface area contributed by atoms with Gasteiger partial charge in [-0.2, -0.15) is 0 Å². The van der Waals surface area contributed by atoms with Gasteiger partial charge in [0.2, 0.25) is 17.7 Å². The lowest BCUT2D eigenvalue weighted by atomic mass is 10.0. The molecule has 0 fully saturated rings. The van der Waals surface area contributed by atoms with E-state index in [1.807, 2.05) is 0 Å². The first kappa shape index (κ1) is 40.2. The van der Waals surface area contributed by atoms with E-state index in [9.17, 15) is 33.6 Å². The van der Waals surface area contributed by atoms with E-state index in [0.29, 0.717) is 37.1 Å². The summed E-state index contributed by atoms with van der Waals surface area (Å²) in [6.07, 6.45) is 3.32. The molecule has 49 heavy (non-hydrogen) atoms. The van der Waals surface area contributed by atoms with Gasteiger partial charge in [0.05, 0.1) is 6.54 Å². The zero-order valence-electron chi connectivity index (χ0n) is 29.5. The molecule has 0 saturated heterocycles. The number of carbonyl (C=O) groups is 7. The molecule has 1 aromatic rings. The van der Waals surface area contributed by atoms with E-state index in [0.717, 1.165) is 4.90 Å². The number of nitrogens with zero attached hydrogens (tertiary/aromatic N) is 3. The number of unbranched alkanes of at least 4 members (excludes halogenated alkanes) is 2. The largest absolute Gasteiger partial charge is 0.445 e. The van der Waals surface area contributed by atoms with Crippen molar-refractivity contribution >= 4 is 47.4 Å². The maximum absolute atomic E-state index is 12.8. The maximum atomic E-state index is 12.8. The molecule has 1 aromatic carbocycles. The van der Waals surface area contributed by atoms with Crippen LogP contribution in [0.25, 0.3) is 0 Å². The van der Waals surface area contributed by atoms with Crippen LogP contribution in [-0.4, -0.2) is 108 Å². The van der Waals surface area contributed by atoms with Crippen molar-refractivity contribution in [3.8, 4) is 0 Å². The van der Waals surface area contributed by atoms with Crippen LogP contribution < -0.4 is 16.0 Å². The number of amides is 7. The molecule has 1 heterocycles. The molecule has 0 saturated carbocycles. The van der Waals surface area contributed by atoms with Crippen LogP contribution in [0.3, 0.4) is 0 Å². The molecule has 1 atom stereocenters. The monoisotopic (exact) mass is 686 g/mol. The number of nitrogens with one attached hydrogen (secondary N) is 3. The average Bonchev–Trinajstić information content (AvgIpc) is 3.35. The van der Waals surface area contributed by atoms with Gasteiger partial charge in [-0.15, -0.1) is 0 Å². The Morgan fingerprint density at radius 2 is 1.43 bits per heavy atom. The van der Waals surface area contributed by atoms with Gasteiger partial charge in [-0.25, -0.2) is 9.59 Å². The molecule has 0 radical (unpaired) electrons. The van der Waals surface area contributed by atoms with Crippen molar-refractivity contribution in [2.75, 3.05) is 45.6 Å². The van der Waals surface area contributed by atoms with Gasteiger partial charge in [-0.3, -0.25) is 28.9 Å². The van der Waals surface area contributed by atoms with Gasteiger partial charge in [0, 0.05) is 58.0 Å². The summed E-state index contributed by atoms with van der Waals surface area (Å²) in [6.45, 7) is 9.37. The topological polar surface area (TPSA) is 184 Å². The Bertz CT molecular complexity index is 1350. The van der Waals surface area contributed by atoms with E-state index >= 15 is 0 Å². The summed E-state index contributed by atoms with van der Waals surface area (Å²) < 4.78 is 10.6. The third-order valence-corrected chi connectivity index (χ3v) is 7.26. The molecule has 2 rings (SSSR count). The number of carbonyl (C=O) groups excluding carboxylic acids is 7. The van der Waals surface area contributed by atoms with Crippen molar-refractivity contribution in [3.05, 3.63) is 42.0 Å². The van der Waals surface area contributed by atoms with Crippen molar-refractivity contribution < 1.29 is 43.0 Å².